The molecule has 2 rings (SSSR count). The van der Waals surface area contributed by atoms with Gasteiger partial charge >= 0.3 is 5.97 Å². The predicted octanol–water partition coefficient (Wildman–Crippen LogP) is 3.45. The first-order valence-corrected chi connectivity index (χ1v) is 6.67. The van der Waals surface area contributed by atoms with Crippen LogP contribution in [0, 0.1) is 0 Å². The molecular weight excluding hydrogens is 326 g/mol. The van der Waals surface area contributed by atoms with Crippen LogP contribution in [0.1, 0.15) is 16.3 Å². The van der Waals surface area contributed by atoms with Crippen LogP contribution in [0.2, 0.25) is 0 Å². The number of nitrogens with one attached hydrogen (secondary N) is 1. The lowest BCUT2D eigenvalue weighted by atomic mass is 10.3. The number of methoxy groups -OCH3 is 2. The Labute approximate surface area is 125 Å². The highest BCUT2D eigenvalue weighted by Gasteiger charge is 2.10. The molecule has 0 atom stereocenters. The molecule has 1 N–H and O–H groups in total. The Bertz CT molecular complexity index is 609. The highest BCUT2D eigenvalue weighted by atomic mass is 79.9. The summed E-state index contributed by atoms with van der Waals surface area (Å²) in [5.41, 5.74) is 0.911. The van der Waals surface area contributed by atoms with Gasteiger partial charge in [-0.3, -0.25) is 0 Å². The molecule has 0 radical (unpaired) electrons. The normalized spacial score (nSPS) is 10.2. The second kappa shape index (κ2) is 6.47. The van der Waals surface area contributed by atoms with Crippen LogP contribution in [-0.2, 0) is 11.3 Å². The molecule has 20 heavy (non-hydrogen) atoms. The molecule has 0 spiro atoms. The minimum Gasteiger partial charge on any atom is -0.496 e. The van der Waals surface area contributed by atoms with Crippen molar-refractivity contribution in [1.82, 2.24) is 0 Å². The van der Waals surface area contributed by atoms with Crippen molar-refractivity contribution >= 4 is 27.6 Å². The zero-order valence-electron chi connectivity index (χ0n) is 11.1. The molecule has 5 nitrogen and oxygen atoms in total. The number of carbonyl (C=O) groups excluding carboxylic acids is 1. The Balaban J connectivity index is 2.00. The Hall–Kier alpha value is -1.95. The molecule has 1 aromatic heterocycles. The summed E-state index contributed by atoms with van der Waals surface area (Å²) in [6.45, 7) is 0.468. The number of esters is 1. The summed E-state index contributed by atoms with van der Waals surface area (Å²) < 4.78 is 16.0. The number of ether oxygens (including phenoxy) is 2. The molecule has 0 aliphatic carbocycles. The van der Waals surface area contributed by atoms with Crippen molar-refractivity contribution in [3.05, 3.63) is 46.3 Å². The van der Waals surface area contributed by atoms with Crippen molar-refractivity contribution in [2.45, 2.75) is 6.54 Å². The van der Waals surface area contributed by atoms with E-state index in [0.717, 1.165) is 15.9 Å². The van der Waals surface area contributed by atoms with Crippen LogP contribution in [0.5, 0.6) is 5.75 Å². The fourth-order valence-electron chi connectivity index (χ4n) is 1.65. The summed E-state index contributed by atoms with van der Waals surface area (Å²) in [4.78, 5) is 11.3. The van der Waals surface area contributed by atoms with E-state index in [4.69, 9.17) is 9.15 Å². The van der Waals surface area contributed by atoms with Gasteiger partial charge in [-0.05, 0) is 46.3 Å². The first kappa shape index (κ1) is 14.5. The van der Waals surface area contributed by atoms with E-state index >= 15 is 0 Å². The standard InChI is InChI=1S/C14H14BrNO4/c1-18-12-5-3-9(7-11(12)15)16-8-10-4-6-13(20-10)14(17)19-2/h3-7,16H,8H2,1-2H3. The fraction of sp³-hybridized carbons (Fsp3) is 0.214. The van der Waals surface area contributed by atoms with Gasteiger partial charge in [0.1, 0.15) is 11.5 Å². The molecule has 106 valence electrons. The molecule has 0 amide bonds. The molecule has 0 bridgehead atoms. The van der Waals surface area contributed by atoms with Crippen LogP contribution in [0.3, 0.4) is 0 Å². The average Bonchev–Trinajstić information content (AvgIpc) is 2.93. The third-order valence-electron chi connectivity index (χ3n) is 2.67. The molecule has 0 unspecified atom stereocenters. The van der Waals surface area contributed by atoms with Crippen molar-refractivity contribution in [2.24, 2.45) is 0 Å². The Kier molecular flexibility index (Phi) is 4.68. The van der Waals surface area contributed by atoms with Gasteiger partial charge in [-0.15, -0.1) is 0 Å². The summed E-state index contributed by atoms with van der Waals surface area (Å²) >= 11 is 3.42. The number of benzene rings is 1. The van der Waals surface area contributed by atoms with E-state index in [0.29, 0.717) is 12.3 Å². The van der Waals surface area contributed by atoms with Gasteiger partial charge in [0, 0.05) is 5.69 Å². The maximum Gasteiger partial charge on any atom is 0.373 e. The molecule has 6 heteroatoms. The van der Waals surface area contributed by atoms with Crippen LogP contribution in [0.15, 0.2) is 39.2 Å². The van der Waals surface area contributed by atoms with E-state index in [9.17, 15) is 4.79 Å². The van der Waals surface area contributed by atoms with Crippen molar-refractivity contribution in [3.63, 3.8) is 0 Å². The molecule has 0 saturated heterocycles. The molecule has 0 aliphatic heterocycles. The second-order valence-electron chi connectivity index (χ2n) is 3.96. The molecule has 0 aliphatic rings. The number of hydrogen-bond donors (Lipinski definition) is 1. The summed E-state index contributed by atoms with van der Waals surface area (Å²) in [6.07, 6.45) is 0. The van der Waals surface area contributed by atoms with Gasteiger partial charge in [0.15, 0.2) is 0 Å². The van der Waals surface area contributed by atoms with Gasteiger partial charge in [-0.25, -0.2) is 4.79 Å². The molecule has 1 heterocycles. The maximum atomic E-state index is 11.3. The molecule has 2 aromatic rings. The topological polar surface area (TPSA) is 60.7 Å². The van der Waals surface area contributed by atoms with E-state index in [1.54, 1.807) is 19.2 Å². The lowest BCUT2D eigenvalue weighted by Crippen LogP contribution is -2.00. The Morgan fingerprint density at radius 1 is 1.30 bits per heavy atom. The first-order chi connectivity index (χ1) is 9.63. The highest BCUT2D eigenvalue weighted by molar-refractivity contribution is 9.10. The van der Waals surface area contributed by atoms with Crippen molar-refractivity contribution in [2.75, 3.05) is 19.5 Å². The smallest absolute Gasteiger partial charge is 0.373 e. The average molecular weight is 340 g/mol. The lowest BCUT2D eigenvalue weighted by molar-refractivity contribution is 0.0563. The van der Waals surface area contributed by atoms with Crippen molar-refractivity contribution in [1.29, 1.82) is 0 Å². The zero-order chi connectivity index (χ0) is 14.5. The minimum atomic E-state index is -0.483. The monoisotopic (exact) mass is 339 g/mol. The molecule has 0 saturated carbocycles. The summed E-state index contributed by atoms with van der Waals surface area (Å²) in [6, 6.07) is 8.98. The third kappa shape index (κ3) is 3.33. The second-order valence-corrected chi connectivity index (χ2v) is 4.81. The molecule has 0 fully saturated rings. The van der Waals surface area contributed by atoms with Gasteiger partial charge in [0.2, 0.25) is 5.76 Å². The van der Waals surface area contributed by atoms with Gasteiger partial charge in [0.05, 0.1) is 25.2 Å². The number of hydrogen-bond acceptors (Lipinski definition) is 5. The third-order valence-corrected chi connectivity index (χ3v) is 3.29. The molecular formula is C14H14BrNO4. The van der Waals surface area contributed by atoms with Gasteiger partial charge in [-0.2, -0.15) is 0 Å². The first-order valence-electron chi connectivity index (χ1n) is 5.88. The van der Waals surface area contributed by atoms with Gasteiger partial charge < -0.3 is 19.2 Å². The largest absolute Gasteiger partial charge is 0.496 e. The van der Waals surface area contributed by atoms with E-state index < -0.39 is 5.97 Å². The predicted molar refractivity (Wildman–Crippen MR) is 78.1 cm³/mol. The Morgan fingerprint density at radius 3 is 2.75 bits per heavy atom. The quantitative estimate of drug-likeness (QED) is 0.845. The number of rotatable bonds is 5. The van der Waals surface area contributed by atoms with Crippen molar-refractivity contribution < 1.29 is 18.7 Å². The van der Waals surface area contributed by atoms with Crippen LogP contribution in [0.25, 0.3) is 0 Å². The maximum absolute atomic E-state index is 11.3. The molecule has 1 aromatic carbocycles. The SMILES string of the molecule is COC(=O)c1ccc(CNc2ccc(OC)c(Br)c2)o1. The van der Waals surface area contributed by atoms with Crippen LogP contribution >= 0.6 is 15.9 Å². The summed E-state index contributed by atoms with van der Waals surface area (Å²) in [5, 5.41) is 3.19. The number of carbonyl (C=O) groups is 1. The number of anilines is 1. The van der Waals surface area contributed by atoms with Gasteiger partial charge in [-0.1, -0.05) is 0 Å². The van der Waals surface area contributed by atoms with Crippen LogP contribution < -0.4 is 10.1 Å². The van der Waals surface area contributed by atoms with Gasteiger partial charge in [0.25, 0.3) is 0 Å². The number of halogens is 1. The van der Waals surface area contributed by atoms with Crippen LogP contribution in [-0.4, -0.2) is 20.2 Å². The summed E-state index contributed by atoms with van der Waals surface area (Å²) in [7, 11) is 2.93. The Morgan fingerprint density at radius 2 is 2.10 bits per heavy atom. The highest BCUT2D eigenvalue weighted by Crippen LogP contribution is 2.27. The fourth-order valence-corrected chi connectivity index (χ4v) is 2.19. The van der Waals surface area contributed by atoms with Crippen molar-refractivity contribution in [3.8, 4) is 5.75 Å². The van der Waals surface area contributed by atoms with E-state index in [-0.39, 0.29) is 5.76 Å². The number of furan rings is 1. The summed E-state index contributed by atoms with van der Waals surface area (Å²) in [5.74, 6) is 1.13. The zero-order valence-corrected chi connectivity index (χ0v) is 12.7. The van der Waals surface area contributed by atoms with Crippen LogP contribution in [0.4, 0.5) is 5.69 Å². The minimum absolute atomic E-state index is 0.195. The van der Waals surface area contributed by atoms with E-state index in [1.165, 1.54) is 7.11 Å². The van der Waals surface area contributed by atoms with E-state index in [1.807, 2.05) is 18.2 Å². The van der Waals surface area contributed by atoms with E-state index in [2.05, 4.69) is 26.0 Å². The lowest BCUT2D eigenvalue weighted by Gasteiger charge is -2.07.